The molecule has 2 fully saturated rings. The SMILES string of the molecule is CCN1CCc2nc(Nc3ncc(-c4ccnc(OC5CC6(CCOCC6)C5)n4)s3)ncc2C1. The number of nitrogens with zero attached hydrogens (tertiary/aromatic N) is 6. The predicted molar refractivity (Wildman–Crippen MR) is 129 cm³/mol. The summed E-state index contributed by atoms with van der Waals surface area (Å²) in [6.07, 6.45) is 11.0. The summed E-state index contributed by atoms with van der Waals surface area (Å²) >= 11 is 1.52. The molecule has 1 saturated carbocycles. The van der Waals surface area contributed by atoms with Gasteiger partial charge in [0.2, 0.25) is 5.95 Å². The van der Waals surface area contributed by atoms with Crippen LogP contribution in [0.1, 0.15) is 43.9 Å². The van der Waals surface area contributed by atoms with E-state index in [4.69, 9.17) is 14.5 Å². The maximum Gasteiger partial charge on any atom is 0.317 e. The fraction of sp³-hybridized carbons (Fsp3) is 0.542. The molecule has 2 aliphatic heterocycles. The molecule has 6 rings (SSSR count). The fourth-order valence-electron chi connectivity index (χ4n) is 5.14. The monoisotopic (exact) mass is 479 g/mol. The van der Waals surface area contributed by atoms with E-state index < -0.39 is 0 Å². The van der Waals surface area contributed by atoms with E-state index >= 15 is 0 Å². The molecule has 0 aromatic carbocycles. The molecular formula is C24H29N7O2S. The number of thiazole rings is 1. The maximum absolute atomic E-state index is 6.09. The molecule has 10 heteroatoms. The summed E-state index contributed by atoms with van der Waals surface area (Å²) < 4.78 is 11.6. The van der Waals surface area contributed by atoms with Gasteiger partial charge in [0.05, 0.1) is 16.3 Å². The first-order valence-corrected chi connectivity index (χ1v) is 12.9. The summed E-state index contributed by atoms with van der Waals surface area (Å²) in [7, 11) is 0. The Morgan fingerprint density at radius 3 is 2.91 bits per heavy atom. The first kappa shape index (κ1) is 21.8. The van der Waals surface area contributed by atoms with E-state index in [0.29, 0.717) is 17.4 Å². The van der Waals surface area contributed by atoms with Crippen molar-refractivity contribution in [1.29, 1.82) is 0 Å². The molecule has 0 unspecified atom stereocenters. The summed E-state index contributed by atoms with van der Waals surface area (Å²) in [5, 5.41) is 3.99. The number of anilines is 2. The molecule has 1 N–H and O–H groups in total. The largest absolute Gasteiger partial charge is 0.460 e. The van der Waals surface area contributed by atoms with E-state index in [2.05, 4.69) is 37.1 Å². The molecule has 5 heterocycles. The number of fused-ring (bicyclic) bond motifs is 1. The van der Waals surface area contributed by atoms with Crippen LogP contribution in [0.5, 0.6) is 6.01 Å². The third kappa shape index (κ3) is 4.49. The van der Waals surface area contributed by atoms with Crippen LogP contribution in [0.3, 0.4) is 0 Å². The lowest BCUT2D eigenvalue weighted by molar-refractivity contribution is -0.0880. The summed E-state index contributed by atoms with van der Waals surface area (Å²) in [5.74, 6) is 0.586. The van der Waals surface area contributed by atoms with Crippen molar-refractivity contribution >= 4 is 22.4 Å². The second kappa shape index (κ2) is 9.16. The highest BCUT2D eigenvalue weighted by Gasteiger charge is 2.46. The van der Waals surface area contributed by atoms with E-state index in [0.717, 1.165) is 86.3 Å². The first-order valence-electron chi connectivity index (χ1n) is 12.1. The van der Waals surface area contributed by atoms with Crippen molar-refractivity contribution in [2.45, 2.75) is 51.7 Å². The van der Waals surface area contributed by atoms with E-state index in [1.807, 2.05) is 18.5 Å². The Morgan fingerprint density at radius 1 is 1.18 bits per heavy atom. The minimum Gasteiger partial charge on any atom is -0.460 e. The van der Waals surface area contributed by atoms with Crippen LogP contribution in [-0.4, -0.2) is 62.2 Å². The highest BCUT2D eigenvalue weighted by Crippen LogP contribution is 2.49. The molecule has 3 aliphatic rings. The van der Waals surface area contributed by atoms with Crippen molar-refractivity contribution < 1.29 is 9.47 Å². The predicted octanol–water partition coefficient (Wildman–Crippen LogP) is 3.85. The van der Waals surface area contributed by atoms with Crippen LogP contribution in [0.4, 0.5) is 11.1 Å². The molecule has 34 heavy (non-hydrogen) atoms. The second-order valence-corrected chi connectivity index (χ2v) is 10.5. The van der Waals surface area contributed by atoms with Gasteiger partial charge in [0, 0.05) is 56.9 Å². The highest BCUT2D eigenvalue weighted by molar-refractivity contribution is 7.18. The number of ether oxygens (including phenoxy) is 2. The maximum atomic E-state index is 6.09. The van der Waals surface area contributed by atoms with E-state index in [9.17, 15) is 0 Å². The van der Waals surface area contributed by atoms with E-state index in [-0.39, 0.29) is 6.10 Å². The molecular weight excluding hydrogens is 450 g/mol. The fourth-order valence-corrected chi connectivity index (χ4v) is 5.92. The van der Waals surface area contributed by atoms with Gasteiger partial charge in [-0.05, 0) is 43.7 Å². The third-order valence-electron chi connectivity index (χ3n) is 7.22. The van der Waals surface area contributed by atoms with Crippen LogP contribution in [0.25, 0.3) is 10.6 Å². The van der Waals surface area contributed by atoms with Crippen LogP contribution in [0, 0.1) is 5.41 Å². The van der Waals surface area contributed by atoms with Crippen molar-refractivity contribution in [3.8, 4) is 16.6 Å². The minimum atomic E-state index is 0.192. The number of likely N-dealkylation sites (N-methyl/N-ethyl adjacent to an activating group) is 1. The standard InChI is InChI=1S/C24H29N7O2S/c1-2-31-8-4-18-16(15-31)13-26-21(28-18)30-23-27-14-20(34-23)19-3-7-25-22(29-19)33-17-11-24(12-17)5-9-32-10-6-24/h3,7,13-14,17H,2,4-6,8-12,15H2,1H3,(H,26,27,28,30). The molecule has 0 atom stereocenters. The summed E-state index contributed by atoms with van der Waals surface area (Å²) in [5.41, 5.74) is 3.55. The zero-order valence-corrected chi connectivity index (χ0v) is 20.2. The number of rotatable bonds is 6. The minimum absolute atomic E-state index is 0.192. The average molecular weight is 480 g/mol. The van der Waals surface area contributed by atoms with Crippen molar-refractivity contribution in [1.82, 2.24) is 29.8 Å². The summed E-state index contributed by atoms with van der Waals surface area (Å²) in [4.78, 5) is 26.1. The number of aromatic nitrogens is 5. The zero-order valence-electron chi connectivity index (χ0n) is 19.4. The molecule has 3 aromatic heterocycles. The Morgan fingerprint density at radius 2 is 2.06 bits per heavy atom. The van der Waals surface area contributed by atoms with Crippen molar-refractivity contribution in [2.75, 3.05) is 31.6 Å². The Labute approximate surface area is 203 Å². The molecule has 0 amide bonds. The highest BCUT2D eigenvalue weighted by atomic mass is 32.1. The quantitative estimate of drug-likeness (QED) is 0.565. The van der Waals surface area contributed by atoms with Crippen LogP contribution in [0.2, 0.25) is 0 Å². The van der Waals surface area contributed by atoms with Crippen LogP contribution in [0.15, 0.2) is 24.7 Å². The molecule has 3 aromatic rings. The van der Waals surface area contributed by atoms with E-state index in [1.165, 1.54) is 16.9 Å². The first-order chi connectivity index (χ1) is 16.7. The van der Waals surface area contributed by atoms with Gasteiger partial charge in [-0.2, -0.15) is 4.98 Å². The van der Waals surface area contributed by atoms with Crippen LogP contribution >= 0.6 is 11.3 Å². The van der Waals surface area contributed by atoms with Gasteiger partial charge in [0.1, 0.15) is 6.10 Å². The van der Waals surface area contributed by atoms with Gasteiger partial charge in [-0.15, -0.1) is 0 Å². The number of nitrogens with one attached hydrogen (secondary N) is 1. The average Bonchev–Trinajstić information content (AvgIpc) is 3.32. The zero-order chi connectivity index (χ0) is 23.0. The van der Waals surface area contributed by atoms with Gasteiger partial charge in [-0.1, -0.05) is 18.3 Å². The lowest BCUT2D eigenvalue weighted by atomic mass is 9.62. The Bertz CT molecular complexity index is 1160. The molecule has 0 radical (unpaired) electrons. The van der Waals surface area contributed by atoms with E-state index in [1.54, 1.807) is 6.20 Å². The van der Waals surface area contributed by atoms with Gasteiger partial charge in [0.15, 0.2) is 5.13 Å². The Hall–Kier alpha value is -2.69. The van der Waals surface area contributed by atoms with Gasteiger partial charge in [0.25, 0.3) is 0 Å². The molecule has 1 aliphatic carbocycles. The lowest BCUT2D eigenvalue weighted by Crippen LogP contribution is -2.47. The Balaban J connectivity index is 1.10. The molecule has 178 valence electrons. The smallest absolute Gasteiger partial charge is 0.317 e. The van der Waals surface area contributed by atoms with Crippen LogP contribution in [-0.2, 0) is 17.7 Å². The van der Waals surface area contributed by atoms with Gasteiger partial charge in [-0.3, -0.25) is 4.90 Å². The van der Waals surface area contributed by atoms with Crippen molar-refractivity contribution in [3.05, 3.63) is 35.9 Å². The third-order valence-corrected chi connectivity index (χ3v) is 8.15. The number of hydrogen-bond acceptors (Lipinski definition) is 10. The molecule has 0 bridgehead atoms. The van der Waals surface area contributed by atoms with Crippen LogP contribution < -0.4 is 10.1 Å². The normalized spacial score (nSPS) is 20.0. The van der Waals surface area contributed by atoms with Gasteiger partial charge in [-0.25, -0.2) is 19.9 Å². The number of hydrogen-bond donors (Lipinski definition) is 1. The summed E-state index contributed by atoms with van der Waals surface area (Å²) in [6.45, 7) is 6.93. The second-order valence-electron chi connectivity index (χ2n) is 9.42. The van der Waals surface area contributed by atoms with Crippen molar-refractivity contribution in [3.63, 3.8) is 0 Å². The Kier molecular flexibility index (Phi) is 5.88. The molecule has 1 saturated heterocycles. The van der Waals surface area contributed by atoms with Crippen molar-refractivity contribution in [2.24, 2.45) is 5.41 Å². The van der Waals surface area contributed by atoms with Gasteiger partial charge < -0.3 is 14.8 Å². The molecule has 9 nitrogen and oxygen atoms in total. The molecule has 1 spiro atoms. The topological polar surface area (TPSA) is 98.2 Å². The lowest BCUT2D eigenvalue weighted by Gasteiger charge is -2.49. The summed E-state index contributed by atoms with van der Waals surface area (Å²) in [6, 6.07) is 2.33. The van der Waals surface area contributed by atoms with Gasteiger partial charge >= 0.3 is 6.01 Å².